The van der Waals surface area contributed by atoms with E-state index in [4.69, 9.17) is 5.73 Å². The summed E-state index contributed by atoms with van der Waals surface area (Å²) < 4.78 is 0. The molecule has 0 spiro atoms. The fourth-order valence-electron chi connectivity index (χ4n) is 7.18. The van der Waals surface area contributed by atoms with Gasteiger partial charge in [-0.2, -0.15) is 0 Å². The van der Waals surface area contributed by atoms with Gasteiger partial charge in [-0.25, -0.2) is 0 Å². The molecule has 6 unspecified atom stereocenters. The number of piperidine rings is 2. The first kappa shape index (κ1) is 21.6. The van der Waals surface area contributed by atoms with Crippen LogP contribution in [0.5, 0.6) is 0 Å². The number of amides is 1. The van der Waals surface area contributed by atoms with Gasteiger partial charge in [0.05, 0.1) is 5.92 Å². The van der Waals surface area contributed by atoms with E-state index in [2.05, 4.69) is 10.2 Å². The number of likely N-dealkylation sites (tertiary alicyclic amines) is 1. The Morgan fingerprint density at radius 3 is 2.41 bits per heavy atom. The highest BCUT2D eigenvalue weighted by Crippen LogP contribution is 2.46. The van der Waals surface area contributed by atoms with Crippen LogP contribution in [-0.4, -0.2) is 60.7 Å². The molecule has 2 saturated carbocycles. The van der Waals surface area contributed by atoms with Crippen LogP contribution < -0.4 is 11.1 Å². The van der Waals surface area contributed by atoms with E-state index in [1.165, 1.54) is 25.7 Å². The third-order valence-electron chi connectivity index (χ3n) is 8.76. The quantitative estimate of drug-likeness (QED) is 0.531. The third-order valence-corrected chi connectivity index (χ3v) is 8.76. The van der Waals surface area contributed by atoms with Gasteiger partial charge in [-0.05, 0) is 80.6 Å². The maximum Gasteiger partial charge on any atom is 0.455 e. The van der Waals surface area contributed by atoms with Crippen molar-refractivity contribution in [2.75, 3.05) is 32.7 Å². The minimum absolute atomic E-state index is 0.103. The zero-order valence-corrected chi connectivity index (χ0v) is 17.8. The van der Waals surface area contributed by atoms with Crippen molar-refractivity contribution < 1.29 is 14.8 Å². The van der Waals surface area contributed by atoms with Crippen molar-refractivity contribution in [3.63, 3.8) is 0 Å². The van der Waals surface area contributed by atoms with Crippen LogP contribution in [0.3, 0.4) is 0 Å². The number of rotatable bonds is 4. The summed E-state index contributed by atoms with van der Waals surface area (Å²) in [6.07, 6.45) is 10.4. The van der Waals surface area contributed by atoms with Crippen LogP contribution in [-0.2, 0) is 4.79 Å². The molecule has 4 aliphatic rings. The molecule has 0 bridgehead atoms. The molecule has 0 aromatic rings. The fourth-order valence-corrected chi connectivity index (χ4v) is 7.18. The van der Waals surface area contributed by atoms with E-state index in [0.717, 1.165) is 70.1 Å². The Morgan fingerprint density at radius 2 is 1.69 bits per heavy atom. The molecular formula is C22H40BN3O3. The molecule has 0 aromatic heterocycles. The van der Waals surface area contributed by atoms with Crippen LogP contribution in [0.15, 0.2) is 0 Å². The highest BCUT2D eigenvalue weighted by molar-refractivity contribution is 6.43. The number of hydrogen-bond donors (Lipinski definition) is 4. The Morgan fingerprint density at radius 1 is 0.966 bits per heavy atom. The number of nitrogens with two attached hydrogens (primary N) is 1. The first-order valence-corrected chi connectivity index (χ1v) is 12.1. The summed E-state index contributed by atoms with van der Waals surface area (Å²) in [4.78, 5) is 15.6. The number of nitrogens with one attached hydrogen (secondary N) is 1. The van der Waals surface area contributed by atoms with E-state index in [9.17, 15) is 14.8 Å². The van der Waals surface area contributed by atoms with E-state index >= 15 is 0 Å². The summed E-state index contributed by atoms with van der Waals surface area (Å²) >= 11 is 0. The molecule has 2 heterocycles. The van der Waals surface area contributed by atoms with Gasteiger partial charge in [-0.1, -0.05) is 25.7 Å². The maximum atomic E-state index is 13.5. The summed E-state index contributed by atoms with van der Waals surface area (Å²) in [7, 11) is -1.30. The molecule has 4 fully saturated rings. The third kappa shape index (κ3) is 4.68. The van der Waals surface area contributed by atoms with Gasteiger partial charge in [-0.3, -0.25) is 4.79 Å². The summed E-state index contributed by atoms with van der Waals surface area (Å²) in [6.45, 7) is 4.15. The molecule has 7 heteroatoms. The predicted octanol–water partition coefficient (Wildman–Crippen LogP) is 1.47. The van der Waals surface area contributed by atoms with Crippen LogP contribution in [0.1, 0.15) is 57.8 Å². The molecule has 29 heavy (non-hydrogen) atoms. The molecule has 2 aliphatic carbocycles. The highest BCUT2D eigenvalue weighted by Gasteiger charge is 2.48. The zero-order chi connectivity index (χ0) is 20.4. The van der Waals surface area contributed by atoms with Crippen molar-refractivity contribution in [2.45, 2.75) is 63.6 Å². The van der Waals surface area contributed by atoms with Crippen LogP contribution >= 0.6 is 0 Å². The molecule has 0 aromatic carbocycles. The molecule has 2 aliphatic heterocycles. The van der Waals surface area contributed by atoms with Crippen molar-refractivity contribution in [2.24, 2.45) is 41.2 Å². The lowest BCUT2D eigenvalue weighted by Crippen LogP contribution is -2.56. The number of fused-ring (bicyclic) bond motifs is 1. The minimum Gasteiger partial charge on any atom is -0.427 e. The lowest BCUT2D eigenvalue weighted by Gasteiger charge is -2.47. The van der Waals surface area contributed by atoms with Crippen molar-refractivity contribution in [1.82, 2.24) is 10.2 Å². The van der Waals surface area contributed by atoms with Crippen molar-refractivity contribution in [3.05, 3.63) is 0 Å². The van der Waals surface area contributed by atoms with E-state index in [1.807, 2.05) is 0 Å². The molecule has 4 rings (SSSR count). The van der Waals surface area contributed by atoms with E-state index in [1.54, 1.807) is 0 Å². The summed E-state index contributed by atoms with van der Waals surface area (Å²) in [6, 6.07) is 0. The molecule has 6 nitrogen and oxygen atoms in total. The SMILES string of the molecule is NCC1CCCC(C2CCN(C(=O)C3CNCC4CCCC(B(O)O)C43)CC2)C1. The average Bonchev–Trinajstić information content (AvgIpc) is 2.77. The molecule has 6 atom stereocenters. The highest BCUT2D eigenvalue weighted by atomic mass is 16.4. The number of carbonyl (C=O) groups is 1. The largest absolute Gasteiger partial charge is 0.455 e. The second-order valence-electron chi connectivity index (χ2n) is 10.3. The zero-order valence-electron chi connectivity index (χ0n) is 17.8. The van der Waals surface area contributed by atoms with Gasteiger partial charge < -0.3 is 26.0 Å². The first-order chi connectivity index (χ1) is 14.1. The van der Waals surface area contributed by atoms with Gasteiger partial charge in [0.2, 0.25) is 5.91 Å². The standard InChI is InChI=1S/C22H40BN3O3/c24-12-15-3-1-4-17(11-15)16-7-9-26(10-8-16)22(27)19-14-25-13-18-5-2-6-20(21(18)19)23(28)29/h15-21,25,28-29H,1-14,24H2. The van der Waals surface area contributed by atoms with Crippen molar-refractivity contribution in [3.8, 4) is 0 Å². The molecule has 1 amide bonds. The monoisotopic (exact) mass is 405 g/mol. The normalized spacial score (nSPS) is 39.1. The van der Waals surface area contributed by atoms with Crippen molar-refractivity contribution in [1.29, 1.82) is 0 Å². The Labute approximate surface area is 176 Å². The lowest BCUT2D eigenvalue weighted by atomic mass is 9.52. The second-order valence-corrected chi connectivity index (χ2v) is 10.3. The fraction of sp³-hybridized carbons (Fsp3) is 0.955. The van der Waals surface area contributed by atoms with Gasteiger partial charge in [0, 0.05) is 19.6 Å². The summed E-state index contributed by atoms with van der Waals surface area (Å²) in [5, 5.41) is 23.4. The molecule has 164 valence electrons. The Balaban J connectivity index is 1.36. The Bertz CT molecular complexity index is 553. The topological polar surface area (TPSA) is 98.8 Å². The lowest BCUT2D eigenvalue weighted by molar-refractivity contribution is -0.141. The van der Waals surface area contributed by atoms with Crippen LogP contribution in [0.2, 0.25) is 5.82 Å². The minimum atomic E-state index is -1.30. The Kier molecular flexibility index (Phi) is 7.20. The number of nitrogens with zero attached hydrogens (tertiary/aromatic N) is 1. The van der Waals surface area contributed by atoms with Gasteiger partial charge in [0.1, 0.15) is 0 Å². The molecular weight excluding hydrogens is 365 g/mol. The maximum absolute atomic E-state index is 13.5. The van der Waals surface area contributed by atoms with Crippen molar-refractivity contribution >= 4 is 13.0 Å². The summed E-state index contributed by atoms with van der Waals surface area (Å²) in [5.74, 6) is 2.74. The number of carbonyl (C=O) groups excluding carboxylic acids is 1. The molecule has 2 saturated heterocycles. The smallest absolute Gasteiger partial charge is 0.427 e. The van der Waals surface area contributed by atoms with Gasteiger partial charge in [-0.15, -0.1) is 0 Å². The van der Waals surface area contributed by atoms with Crippen LogP contribution in [0.4, 0.5) is 0 Å². The predicted molar refractivity (Wildman–Crippen MR) is 115 cm³/mol. The van der Waals surface area contributed by atoms with E-state index in [-0.39, 0.29) is 23.6 Å². The Hall–Kier alpha value is -0.625. The van der Waals surface area contributed by atoms with Gasteiger partial charge in [0.25, 0.3) is 0 Å². The first-order valence-electron chi connectivity index (χ1n) is 12.1. The van der Waals surface area contributed by atoms with Crippen LogP contribution in [0.25, 0.3) is 0 Å². The van der Waals surface area contributed by atoms with E-state index in [0.29, 0.717) is 18.4 Å². The van der Waals surface area contributed by atoms with Gasteiger partial charge in [0.15, 0.2) is 0 Å². The molecule has 0 radical (unpaired) electrons. The number of hydrogen-bond acceptors (Lipinski definition) is 5. The average molecular weight is 405 g/mol. The second kappa shape index (κ2) is 9.67. The molecule has 5 N–H and O–H groups in total. The van der Waals surface area contributed by atoms with Gasteiger partial charge >= 0.3 is 7.12 Å². The van der Waals surface area contributed by atoms with E-state index < -0.39 is 7.12 Å². The van der Waals surface area contributed by atoms with Crippen LogP contribution in [0, 0.1) is 35.5 Å². The summed E-state index contributed by atoms with van der Waals surface area (Å²) in [5.41, 5.74) is 5.93.